The molecule has 29 heavy (non-hydrogen) atoms. The maximum atomic E-state index is 11.5. The molecule has 1 aromatic heterocycles. The molecule has 0 spiro atoms. The monoisotopic (exact) mass is 386 g/mol. The Kier molecular flexibility index (Phi) is 4.89. The van der Waals surface area contributed by atoms with Crippen molar-refractivity contribution >= 4 is 22.5 Å². The van der Waals surface area contributed by atoms with E-state index in [-0.39, 0.29) is 6.61 Å². The summed E-state index contributed by atoms with van der Waals surface area (Å²) in [4.78, 5) is 21.1. The summed E-state index contributed by atoms with van der Waals surface area (Å²) >= 11 is 0. The molecule has 0 amide bonds. The first-order valence-corrected chi connectivity index (χ1v) is 9.45. The van der Waals surface area contributed by atoms with Gasteiger partial charge in [0.2, 0.25) is 0 Å². The number of benzene rings is 2. The van der Waals surface area contributed by atoms with Crippen molar-refractivity contribution in [3.8, 4) is 17.0 Å². The molecule has 5 heteroatoms. The van der Waals surface area contributed by atoms with Gasteiger partial charge in [-0.15, -0.1) is 0 Å². The predicted octanol–water partition coefficient (Wildman–Crippen LogP) is 4.70. The van der Waals surface area contributed by atoms with Crippen LogP contribution in [0.4, 0.5) is 0 Å². The minimum absolute atomic E-state index is 0.129. The average Bonchev–Trinajstić information content (AvgIpc) is 3.11. The van der Waals surface area contributed by atoms with Gasteiger partial charge in [-0.25, -0.2) is 9.78 Å². The zero-order valence-electron chi connectivity index (χ0n) is 16.7. The van der Waals surface area contributed by atoms with Crippen LogP contribution in [0, 0.1) is 0 Å². The molecule has 0 bridgehead atoms. The lowest BCUT2D eigenvalue weighted by Gasteiger charge is -2.19. The summed E-state index contributed by atoms with van der Waals surface area (Å²) in [7, 11) is 1.34. The molecular formula is C24H22N2O3. The highest BCUT2D eigenvalue weighted by Crippen LogP contribution is 2.36. The van der Waals surface area contributed by atoms with Crippen molar-refractivity contribution in [1.29, 1.82) is 0 Å². The van der Waals surface area contributed by atoms with E-state index in [0.717, 1.165) is 33.4 Å². The van der Waals surface area contributed by atoms with Gasteiger partial charge in [0, 0.05) is 16.7 Å². The van der Waals surface area contributed by atoms with E-state index >= 15 is 0 Å². The van der Waals surface area contributed by atoms with Crippen LogP contribution in [0.3, 0.4) is 0 Å². The second-order valence-electron chi connectivity index (χ2n) is 7.16. The number of hydrogen-bond acceptors (Lipinski definition) is 5. The summed E-state index contributed by atoms with van der Waals surface area (Å²) in [5.41, 5.74) is 3.32. The molecule has 4 rings (SSSR count). The minimum atomic E-state index is -0.445. The molecular weight excluding hydrogens is 364 g/mol. The molecule has 2 aromatic carbocycles. The number of allylic oxidation sites excluding steroid dienone is 1. The van der Waals surface area contributed by atoms with Crippen LogP contribution in [-0.4, -0.2) is 30.4 Å². The highest BCUT2D eigenvalue weighted by atomic mass is 16.6. The van der Waals surface area contributed by atoms with Crippen LogP contribution in [0.25, 0.3) is 22.0 Å². The fourth-order valence-corrected chi connectivity index (χ4v) is 3.55. The van der Waals surface area contributed by atoms with Gasteiger partial charge in [-0.2, -0.15) is 0 Å². The Morgan fingerprint density at radius 2 is 1.83 bits per heavy atom. The van der Waals surface area contributed by atoms with Crippen molar-refractivity contribution in [2.45, 2.75) is 19.4 Å². The quantitative estimate of drug-likeness (QED) is 0.597. The molecule has 0 saturated carbocycles. The number of carbonyl (C=O) groups excluding carboxylic acids is 1. The Morgan fingerprint density at radius 3 is 2.55 bits per heavy atom. The third kappa shape index (κ3) is 3.63. The minimum Gasteiger partial charge on any atom is -0.481 e. The molecule has 1 unspecified atom stereocenters. The zero-order valence-corrected chi connectivity index (χ0v) is 16.7. The average molecular weight is 386 g/mol. The fourth-order valence-electron chi connectivity index (χ4n) is 3.55. The predicted molar refractivity (Wildman–Crippen MR) is 114 cm³/mol. The van der Waals surface area contributed by atoms with Crippen LogP contribution in [0.15, 0.2) is 71.7 Å². The van der Waals surface area contributed by atoms with Crippen LogP contribution in [-0.2, 0) is 15.1 Å². The summed E-state index contributed by atoms with van der Waals surface area (Å²) in [6, 6.07) is 17.8. The zero-order chi connectivity index (χ0) is 20.4. The summed E-state index contributed by atoms with van der Waals surface area (Å²) < 4.78 is 10.3. The van der Waals surface area contributed by atoms with Crippen LogP contribution < -0.4 is 4.74 Å². The smallest absolute Gasteiger partial charge is 0.343 e. The van der Waals surface area contributed by atoms with E-state index < -0.39 is 11.5 Å². The summed E-state index contributed by atoms with van der Waals surface area (Å²) in [6.45, 7) is 3.93. The van der Waals surface area contributed by atoms with E-state index in [9.17, 15) is 4.79 Å². The Bertz CT molecular complexity index is 1150. The van der Waals surface area contributed by atoms with E-state index in [2.05, 4.69) is 17.7 Å². The fraction of sp³-hybridized carbons (Fsp3) is 0.208. The van der Waals surface area contributed by atoms with Gasteiger partial charge in [-0.05, 0) is 55.7 Å². The molecule has 5 nitrogen and oxygen atoms in total. The molecule has 0 fully saturated rings. The van der Waals surface area contributed by atoms with Crippen LogP contribution >= 0.6 is 0 Å². The number of methoxy groups -OCH3 is 1. The SMILES string of the molecule is COC(=O)COc1ccc(-c2cccc(C3(C)C=CC(C)=N3)n2)c2ccccc12. The number of nitrogens with zero attached hydrogens (tertiary/aromatic N) is 2. The lowest BCUT2D eigenvalue weighted by Crippen LogP contribution is -2.16. The molecule has 0 N–H and O–H groups in total. The normalized spacial score (nSPS) is 18.0. The van der Waals surface area contributed by atoms with Gasteiger partial charge in [0.1, 0.15) is 11.3 Å². The number of aromatic nitrogens is 1. The largest absolute Gasteiger partial charge is 0.481 e. The Labute approximate surface area is 169 Å². The van der Waals surface area contributed by atoms with Gasteiger partial charge in [0.25, 0.3) is 0 Å². The highest BCUT2D eigenvalue weighted by Gasteiger charge is 2.27. The van der Waals surface area contributed by atoms with Gasteiger partial charge in [0.05, 0.1) is 18.5 Å². The Hall–Kier alpha value is -3.47. The van der Waals surface area contributed by atoms with Crippen LogP contribution in [0.5, 0.6) is 5.75 Å². The van der Waals surface area contributed by atoms with E-state index in [1.807, 2.05) is 67.6 Å². The number of fused-ring (bicyclic) bond motifs is 1. The van der Waals surface area contributed by atoms with Crippen molar-refractivity contribution in [1.82, 2.24) is 4.98 Å². The topological polar surface area (TPSA) is 60.8 Å². The summed E-state index contributed by atoms with van der Waals surface area (Å²) in [6.07, 6.45) is 4.10. The molecule has 2 heterocycles. The number of pyridine rings is 1. The van der Waals surface area contributed by atoms with Gasteiger partial charge >= 0.3 is 5.97 Å². The highest BCUT2D eigenvalue weighted by molar-refractivity contribution is 5.99. The first kappa shape index (κ1) is 18.9. The van der Waals surface area contributed by atoms with E-state index in [1.54, 1.807) is 0 Å². The molecule has 1 aliphatic heterocycles. The second kappa shape index (κ2) is 7.51. The van der Waals surface area contributed by atoms with E-state index in [0.29, 0.717) is 5.75 Å². The molecule has 1 atom stereocenters. The first-order chi connectivity index (χ1) is 14.0. The number of aliphatic imine (C=N–C) groups is 1. The lowest BCUT2D eigenvalue weighted by molar-refractivity contribution is -0.142. The van der Waals surface area contributed by atoms with Crippen molar-refractivity contribution in [2.24, 2.45) is 4.99 Å². The Balaban J connectivity index is 1.77. The van der Waals surface area contributed by atoms with Crippen molar-refractivity contribution in [3.63, 3.8) is 0 Å². The maximum absolute atomic E-state index is 11.5. The summed E-state index contributed by atoms with van der Waals surface area (Å²) in [5.74, 6) is 0.220. The molecule has 0 radical (unpaired) electrons. The van der Waals surface area contributed by atoms with E-state index in [4.69, 9.17) is 14.7 Å². The van der Waals surface area contributed by atoms with Crippen molar-refractivity contribution in [3.05, 3.63) is 72.4 Å². The number of ether oxygens (including phenoxy) is 2. The van der Waals surface area contributed by atoms with Crippen LogP contribution in [0.1, 0.15) is 19.5 Å². The van der Waals surface area contributed by atoms with E-state index in [1.165, 1.54) is 7.11 Å². The number of esters is 1. The lowest BCUT2D eigenvalue weighted by atomic mass is 9.96. The molecule has 0 saturated heterocycles. The second-order valence-corrected chi connectivity index (χ2v) is 7.16. The third-order valence-electron chi connectivity index (χ3n) is 5.06. The van der Waals surface area contributed by atoms with Gasteiger partial charge in [-0.3, -0.25) is 4.99 Å². The Morgan fingerprint density at radius 1 is 1.03 bits per heavy atom. The number of carbonyl (C=O) groups is 1. The van der Waals surface area contributed by atoms with Crippen molar-refractivity contribution < 1.29 is 14.3 Å². The van der Waals surface area contributed by atoms with Gasteiger partial charge in [-0.1, -0.05) is 30.3 Å². The maximum Gasteiger partial charge on any atom is 0.343 e. The third-order valence-corrected chi connectivity index (χ3v) is 5.06. The van der Waals surface area contributed by atoms with Crippen molar-refractivity contribution in [2.75, 3.05) is 13.7 Å². The molecule has 1 aliphatic rings. The number of rotatable bonds is 5. The molecule has 0 aliphatic carbocycles. The molecule has 3 aromatic rings. The first-order valence-electron chi connectivity index (χ1n) is 9.45. The summed E-state index contributed by atoms with van der Waals surface area (Å²) in [5, 5.41) is 1.92. The van der Waals surface area contributed by atoms with Gasteiger partial charge in [0.15, 0.2) is 6.61 Å². The standard InChI is InChI=1S/C24H22N2O3/c1-16-13-14-24(2,26-16)22-10-6-9-20(25-22)18-11-12-21(29-15-23(27)28-3)19-8-5-4-7-17(18)19/h4-14H,15H2,1-3H3. The van der Waals surface area contributed by atoms with Gasteiger partial charge < -0.3 is 9.47 Å². The number of hydrogen-bond donors (Lipinski definition) is 0. The molecule has 146 valence electrons. The van der Waals surface area contributed by atoms with Crippen LogP contribution in [0.2, 0.25) is 0 Å².